The Kier molecular flexibility index (Phi) is 3.90. The van der Waals surface area contributed by atoms with Gasteiger partial charge in [-0.3, -0.25) is 9.89 Å². The summed E-state index contributed by atoms with van der Waals surface area (Å²) in [4.78, 5) is 20.4. The molecular formula is C18H14Cl2N4O. The van der Waals surface area contributed by atoms with Gasteiger partial charge in [0.15, 0.2) is 0 Å². The number of fused-ring (bicyclic) bond motifs is 1. The molecule has 0 spiro atoms. The number of aromatic nitrogens is 4. The molecule has 0 saturated heterocycles. The van der Waals surface area contributed by atoms with Gasteiger partial charge in [-0.05, 0) is 42.8 Å². The van der Waals surface area contributed by atoms with Crippen molar-refractivity contribution in [1.82, 2.24) is 19.7 Å². The van der Waals surface area contributed by atoms with Crippen LogP contribution in [0.4, 0.5) is 0 Å². The van der Waals surface area contributed by atoms with Crippen molar-refractivity contribution in [2.24, 2.45) is 0 Å². The second-order valence-electron chi connectivity index (χ2n) is 5.88. The first-order chi connectivity index (χ1) is 12.0. The van der Waals surface area contributed by atoms with Gasteiger partial charge in [0.1, 0.15) is 0 Å². The fraction of sp³-hybridized carbons (Fsp3) is 0.111. The lowest BCUT2D eigenvalue weighted by atomic mass is 10.1. The van der Waals surface area contributed by atoms with Crippen molar-refractivity contribution >= 4 is 34.2 Å². The van der Waals surface area contributed by atoms with Gasteiger partial charge in [0.2, 0.25) is 5.95 Å². The van der Waals surface area contributed by atoms with Crippen LogP contribution in [0, 0.1) is 6.92 Å². The number of aromatic amines is 2. The molecule has 0 fully saturated rings. The van der Waals surface area contributed by atoms with Crippen molar-refractivity contribution in [3.05, 3.63) is 79.7 Å². The minimum atomic E-state index is -0.127. The molecule has 2 aromatic heterocycles. The van der Waals surface area contributed by atoms with Gasteiger partial charge in [0, 0.05) is 27.7 Å². The highest BCUT2D eigenvalue weighted by Gasteiger charge is 2.15. The minimum absolute atomic E-state index is 0.127. The third kappa shape index (κ3) is 2.97. The summed E-state index contributed by atoms with van der Waals surface area (Å²) in [5.74, 6) is 0.438. The van der Waals surface area contributed by atoms with E-state index in [-0.39, 0.29) is 5.56 Å². The number of nitrogens with one attached hydrogen (secondary N) is 2. The highest BCUT2D eigenvalue weighted by atomic mass is 35.5. The Balaban J connectivity index is 1.75. The molecule has 4 aromatic rings. The van der Waals surface area contributed by atoms with Crippen molar-refractivity contribution in [1.29, 1.82) is 0 Å². The van der Waals surface area contributed by atoms with Crippen LogP contribution in [-0.4, -0.2) is 19.7 Å². The first-order valence-electron chi connectivity index (χ1n) is 7.72. The summed E-state index contributed by atoms with van der Waals surface area (Å²) in [5.41, 5.74) is 3.92. The zero-order valence-electron chi connectivity index (χ0n) is 13.3. The molecule has 0 unspecified atom stereocenters. The molecular weight excluding hydrogens is 359 g/mol. The average molecular weight is 373 g/mol. The van der Waals surface area contributed by atoms with Crippen molar-refractivity contribution in [2.75, 3.05) is 0 Å². The number of hydrogen-bond donors (Lipinski definition) is 2. The Morgan fingerprint density at radius 2 is 1.80 bits per heavy atom. The first-order valence-corrected chi connectivity index (χ1v) is 8.47. The van der Waals surface area contributed by atoms with Crippen molar-refractivity contribution in [3.8, 4) is 5.95 Å². The van der Waals surface area contributed by atoms with Crippen molar-refractivity contribution in [3.63, 3.8) is 0 Å². The average Bonchev–Trinajstić information content (AvgIpc) is 3.12. The minimum Gasteiger partial charge on any atom is -0.322 e. The molecule has 0 bridgehead atoms. The highest BCUT2D eigenvalue weighted by molar-refractivity contribution is 6.31. The first kappa shape index (κ1) is 16.0. The number of H-pyrrole nitrogens is 2. The topological polar surface area (TPSA) is 66.5 Å². The second kappa shape index (κ2) is 6.10. The normalized spacial score (nSPS) is 11.3. The number of imidazole rings is 1. The van der Waals surface area contributed by atoms with Crippen LogP contribution >= 0.6 is 23.2 Å². The van der Waals surface area contributed by atoms with E-state index < -0.39 is 0 Å². The second-order valence-corrected chi connectivity index (χ2v) is 6.75. The van der Waals surface area contributed by atoms with Crippen LogP contribution in [0.15, 0.2) is 47.3 Å². The number of benzene rings is 2. The number of aryl methyl sites for hydroxylation is 1. The lowest BCUT2D eigenvalue weighted by Crippen LogP contribution is -2.18. The van der Waals surface area contributed by atoms with E-state index in [2.05, 4.69) is 15.1 Å². The highest BCUT2D eigenvalue weighted by Crippen LogP contribution is 2.19. The Labute approximate surface area is 153 Å². The van der Waals surface area contributed by atoms with Gasteiger partial charge in [-0.2, -0.15) is 4.68 Å². The summed E-state index contributed by atoms with van der Waals surface area (Å²) < 4.78 is 1.43. The van der Waals surface area contributed by atoms with Crippen LogP contribution in [0.2, 0.25) is 10.0 Å². The number of halogens is 2. The molecule has 0 radical (unpaired) electrons. The van der Waals surface area contributed by atoms with Gasteiger partial charge in [-0.15, -0.1) is 0 Å². The van der Waals surface area contributed by atoms with Crippen LogP contribution in [0.3, 0.4) is 0 Å². The van der Waals surface area contributed by atoms with Crippen LogP contribution in [0.1, 0.15) is 16.8 Å². The molecule has 126 valence electrons. The smallest absolute Gasteiger partial charge is 0.277 e. The predicted molar refractivity (Wildman–Crippen MR) is 100 cm³/mol. The molecule has 0 aliphatic heterocycles. The molecule has 4 rings (SSSR count). The van der Waals surface area contributed by atoms with E-state index in [4.69, 9.17) is 23.2 Å². The Morgan fingerprint density at radius 1 is 1.08 bits per heavy atom. The molecule has 0 aliphatic carbocycles. The summed E-state index contributed by atoms with van der Waals surface area (Å²) in [7, 11) is 0. The van der Waals surface area contributed by atoms with E-state index in [1.807, 2.05) is 37.3 Å². The Hall–Kier alpha value is -2.50. The van der Waals surface area contributed by atoms with Crippen molar-refractivity contribution in [2.45, 2.75) is 13.3 Å². The van der Waals surface area contributed by atoms with E-state index >= 15 is 0 Å². The maximum absolute atomic E-state index is 12.8. The number of nitrogens with zero attached hydrogens (tertiary/aromatic N) is 2. The number of hydrogen-bond acceptors (Lipinski definition) is 2. The molecule has 2 N–H and O–H groups in total. The van der Waals surface area contributed by atoms with E-state index in [9.17, 15) is 4.79 Å². The lowest BCUT2D eigenvalue weighted by molar-refractivity contribution is 0.790. The van der Waals surface area contributed by atoms with Gasteiger partial charge in [-0.1, -0.05) is 35.3 Å². The molecule has 7 heteroatoms. The molecule has 0 atom stereocenters. The standard InChI is InChI=1S/C18H14Cl2N4O/c1-10-14(8-11-2-4-12(19)5-3-11)17(25)24(23-10)18-21-15-7-6-13(20)9-16(15)22-18/h2-7,9,23H,8H2,1H3,(H,21,22). The molecule has 0 amide bonds. The third-order valence-corrected chi connectivity index (χ3v) is 4.62. The van der Waals surface area contributed by atoms with Gasteiger partial charge < -0.3 is 4.98 Å². The zero-order valence-corrected chi connectivity index (χ0v) is 14.8. The van der Waals surface area contributed by atoms with Crippen LogP contribution in [0.5, 0.6) is 0 Å². The number of rotatable bonds is 3. The van der Waals surface area contributed by atoms with E-state index in [0.29, 0.717) is 28.0 Å². The van der Waals surface area contributed by atoms with Gasteiger partial charge in [0.25, 0.3) is 5.56 Å². The lowest BCUT2D eigenvalue weighted by Gasteiger charge is -1.99. The Bertz CT molecular complexity index is 1120. The predicted octanol–water partition coefficient (Wildman–Crippen LogP) is 4.25. The summed E-state index contributed by atoms with van der Waals surface area (Å²) in [5, 5.41) is 4.37. The van der Waals surface area contributed by atoms with Crippen LogP contribution < -0.4 is 5.56 Å². The van der Waals surface area contributed by atoms with Gasteiger partial charge in [-0.25, -0.2) is 4.98 Å². The fourth-order valence-corrected chi connectivity index (χ4v) is 3.12. The van der Waals surface area contributed by atoms with E-state index in [1.165, 1.54) is 4.68 Å². The molecule has 2 heterocycles. The van der Waals surface area contributed by atoms with Crippen LogP contribution in [0.25, 0.3) is 17.0 Å². The fourth-order valence-electron chi connectivity index (χ4n) is 2.82. The Morgan fingerprint density at radius 3 is 2.56 bits per heavy atom. The zero-order chi connectivity index (χ0) is 17.6. The van der Waals surface area contributed by atoms with Gasteiger partial charge in [0.05, 0.1) is 11.0 Å². The van der Waals surface area contributed by atoms with E-state index in [1.54, 1.807) is 12.1 Å². The largest absolute Gasteiger partial charge is 0.322 e. The SMILES string of the molecule is Cc1[nH]n(-c2nc3ccc(Cl)cc3[nH]2)c(=O)c1Cc1ccc(Cl)cc1. The molecule has 25 heavy (non-hydrogen) atoms. The summed E-state index contributed by atoms with van der Waals surface area (Å²) >= 11 is 11.9. The van der Waals surface area contributed by atoms with Gasteiger partial charge >= 0.3 is 0 Å². The maximum atomic E-state index is 12.8. The molecule has 0 saturated carbocycles. The molecule has 0 aliphatic rings. The van der Waals surface area contributed by atoms with Crippen molar-refractivity contribution < 1.29 is 0 Å². The van der Waals surface area contributed by atoms with E-state index in [0.717, 1.165) is 22.3 Å². The van der Waals surface area contributed by atoms with Crippen LogP contribution in [-0.2, 0) is 6.42 Å². The quantitative estimate of drug-likeness (QED) is 0.564. The third-order valence-electron chi connectivity index (χ3n) is 4.13. The molecule has 2 aromatic carbocycles. The summed E-state index contributed by atoms with van der Waals surface area (Å²) in [6.45, 7) is 1.88. The summed E-state index contributed by atoms with van der Waals surface area (Å²) in [6.07, 6.45) is 0.525. The molecule has 5 nitrogen and oxygen atoms in total. The monoisotopic (exact) mass is 372 g/mol. The maximum Gasteiger partial charge on any atom is 0.277 e. The summed E-state index contributed by atoms with van der Waals surface area (Å²) in [6, 6.07) is 12.8.